The van der Waals surface area contributed by atoms with Crippen LogP contribution in [-0.2, 0) is 23.9 Å². The number of likely N-dealkylation sites (tertiary alicyclic amines) is 1. The summed E-state index contributed by atoms with van der Waals surface area (Å²) in [5, 5.41) is 15.4. The van der Waals surface area contributed by atoms with Crippen LogP contribution in [0.1, 0.15) is 46.0 Å². The third kappa shape index (κ3) is 4.23. The second-order valence-corrected chi connectivity index (χ2v) is 9.98. The van der Waals surface area contributed by atoms with Crippen LogP contribution < -0.4 is 10.6 Å². The molecule has 2 unspecified atom stereocenters. The summed E-state index contributed by atoms with van der Waals surface area (Å²) in [6, 6.07) is -0.793. The number of ether oxygens (including phenoxy) is 2. The van der Waals surface area contributed by atoms with E-state index in [1.54, 1.807) is 4.90 Å². The van der Waals surface area contributed by atoms with Crippen LogP contribution >= 0.6 is 0 Å². The number of hydrogen-bond acceptors (Lipinski definition) is 7. The zero-order valence-corrected chi connectivity index (χ0v) is 20.5. The molecule has 4 saturated heterocycles. The Bertz CT molecular complexity index is 775. The first-order chi connectivity index (χ1) is 16.4. The second kappa shape index (κ2) is 10.5. The maximum absolute atomic E-state index is 13.7. The molecule has 0 aromatic carbocycles. The lowest BCUT2D eigenvalue weighted by molar-refractivity contribution is -0.147. The van der Waals surface area contributed by atoms with E-state index in [1.165, 1.54) is 0 Å². The van der Waals surface area contributed by atoms with Crippen molar-refractivity contribution in [2.75, 3.05) is 59.1 Å². The zero-order valence-electron chi connectivity index (χ0n) is 20.5. The van der Waals surface area contributed by atoms with Gasteiger partial charge in [-0.3, -0.25) is 19.3 Å². The van der Waals surface area contributed by atoms with Crippen LogP contribution in [0.15, 0.2) is 0 Å². The maximum atomic E-state index is 13.7. The Morgan fingerprint density at radius 3 is 2.50 bits per heavy atom. The van der Waals surface area contributed by atoms with Crippen molar-refractivity contribution in [3.05, 3.63) is 0 Å². The first-order valence-electron chi connectivity index (χ1n) is 12.9. The van der Waals surface area contributed by atoms with Crippen molar-refractivity contribution in [1.82, 2.24) is 20.4 Å². The van der Waals surface area contributed by atoms with E-state index in [4.69, 9.17) is 9.47 Å². The summed E-state index contributed by atoms with van der Waals surface area (Å²) in [4.78, 5) is 44.4. The predicted octanol–water partition coefficient (Wildman–Crippen LogP) is -0.502. The molecule has 1 spiro atoms. The molecule has 0 radical (unpaired) electrons. The predicted molar refractivity (Wildman–Crippen MR) is 124 cm³/mol. The van der Waals surface area contributed by atoms with Crippen molar-refractivity contribution < 1.29 is 29.0 Å². The molecule has 5 atom stereocenters. The highest BCUT2D eigenvalue weighted by atomic mass is 16.5. The van der Waals surface area contributed by atoms with Gasteiger partial charge >= 0.3 is 0 Å². The SMILES string of the molecule is CCCNC(=O)[C@H]1[C@H]2C(=O)N(CCCO)C(C(=O)NCCN3CCOCC3)C23CC[C@]1(CC)O3. The molecule has 4 heterocycles. The van der Waals surface area contributed by atoms with Crippen LogP contribution in [-0.4, -0.2) is 109 Å². The Labute approximate surface area is 201 Å². The fourth-order valence-electron chi connectivity index (χ4n) is 6.51. The van der Waals surface area contributed by atoms with Crippen molar-refractivity contribution in [1.29, 1.82) is 0 Å². The summed E-state index contributed by atoms with van der Waals surface area (Å²) in [7, 11) is 0. The fraction of sp³-hybridized carbons (Fsp3) is 0.875. The van der Waals surface area contributed by atoms with Crippen LogP contribution in [0.5, 0.6) is 0 Å². The molecular formula is C24H40N4O6. The van der Waals surface area contributed by atoms with Crippen LogP contribution in [0, 0.1) is 11.8 Å². The van der Waals surface area contributed by atoms with Crippen LogP contribution in [0.2, 0.25) is 0 Å². The molecule has 0 aromatic rings. The average Bonchev–Trinajstić information content (AvgIpc) is 3.45. The Kier molecular flexibility index (Phi) is 7.81. The van der Waals surface area contributed by atoms with E-state index in [9.17, 15) is 19.5 Å². The van der Waals surface area contributed by atoms with Crippen molar-refractivity contribution in [3.8, 4) is 0 Å². The van der Waals surface area contributed by atoms with Crippen molar-refractivity contribution in [2.45, 2.75) is 63.2 Å². The first-order valence-corrected chi connectivity index (χ1v) is 12.9. The van der Waals surface area contributed by atoms with Crippen molar-refractivity contribution in [3.63, 3.8) is 0 Å². The number of rotatable bonds is 11. The standard InChI is InChI=1S/C24H40N4O6/c1-3-8-25-20(30)17-18-22(32)28(10-5-14-29)19(24(18)7-6-23(17,4-2)34-24)21(31)26-9-11-27-12-15-33-16-13-27/h17-19,29H,3-16H2,1-2H3,(H,25,30)(H,26,31)/t17-,18+,19?,23+,24?/m1/s1. The van der Waals surface area contributed by atoms with Gasteiger partial charge in [-0.25, -0.2) is 0 Å². The van der Waals surface area contributed by atoms with Crippen molar-refractivity contribution >= 4 is 17.7 Å². The van der Waals surface area contributed by atoms with Gasteiger partial charge in [-0.1, -0.05) is 13.8 Å². The van der Waals surface area contributed by atoms with E-state index < -0.39 is 29.1 Å². The molecule has 0 saturated carbocycles. The summed E-state index contributed by atoms with van der Waals surface area (Å²) < 4.78 is 12.1. The van der Waals surface area contributed by atoms with Gasteiger partial charge in [0.1, 0.15) is 11.6 Å². The Morgan fingerprint density at radius 2 is 1.82 bits per heavy atom. The monoisotopic (exact) mass is 480 g/mol. The molecule has 3 amide bonds. The van der Waals surface area contributed by atoms with Crippen LogP contribution in [0.4, 0.5) is 0 Å². The summed E-state index contributed by atoms with van der Waals surface area (Å²) >= 11 is 0. The fourth-order valence-corrected chi connectivity index (χ4v) is 6.51. The Balaban J connectivity index is 1.56. The third-order valence-electron chi connectivity index (χ3n) is 8.15. The lowest BCUT2D eigenvalue weighted by Crippen LogP contribution is -2.56. The van der Waals surface area contributed by atoms with Gasteiger partial charge in [0.2, 0.25) is 17.7 Å². The molecule has 10 nitrogen and oxygen atoms in total. The van der Waals surface area contributed by atoms with E-state index in [-0.39, 0.29) is 30.9 Å². The Hall–Kier alpha value is -1.75. The minimum Gasteiger partial charge on any atom is -0.396 e. The third-order valence-corrected chi connectivity index (χ3v) is 8.15. The number of hydrogen-bond donors (Lipinski definition) is 3. The van der Waals surface area contributed by atoms with Gasteiger partial charge in [0.25, 0.3) is 0 Å². The number of nitrogens with zero attached hydrogens (tertiary/aromatic N) is 2. The summed E-state index contributed by atoms with van der Waals surface area (Å²) in [6.07, 6.45) is 3.02. The second-order valence-electron chi connectivity index (χ2n) is 9.98. The molecule has 4 aliphatic heterocycles. The van der Waals surface area contributed by atoms with Gasteiger partial charge in [0.05, 0.1) is 30.7 Å². The number of aliphatic hydroxyl groups excluding tert-OH is 1. The molecule has 2 bridgehead atoms. The highest BCUT2D eigenvalue weighted by Gasteiger charge is 2.78. The molecule has 0 aromatic heterocycles. The number of carbonyl (C=O) groups excluding carboxylic acids is 3. The average molecular weight is 481 g/mol. The summed E-state index contributed by atoms with van der Waals surface area (Å²) in [6.45, 7) is 8.96. The van der Waals surface area contributed by atoms with Crippen LogP contribution in [0.3, 0.4) is 0 Å². The number of fused-ring (bicyclic) bond motifs is 1. The van der Waals surface area contributed by atoms with Gasteiger partial charge in [0, 0.05) is 45.9 Å². The molecule has 4 fully saturated rings. The van der Waals surface area contributed by atoms with E-state index in [0.29, 0.717) is 58.5 Å². The number of amides is 3. The molecule has 192 valence electrons. The van der Waals surface area contributed by atoms with Crippen LogP contribution in [0.25, 0.3) is 0 Å². The lowest BCUT2D eigenvalue weighted by Gasteiger charge is -2.34. The van der Waals surface area contributed by atoms with Crippen molar-refractivity contribution in [2.24, 2.45) is 11.8 Å². The molecule has 4 aliphatic rings. The smallest absolute Gasteiger partial charge is 0.245 e. The molecule has 3 N–H and O–H groups in total. The Morgan fingerprint density at radius 1 is 1.09 bits per heavy atom. The lowest BCUT2D eigenvalue weighted by atomic mass is 9.65. The summed E-state index contributed by atoms with van der Waals surface area (Å²) in [5.41, 5.74) is -1.71. The largest absolute Gasteiger partial charge is 0.396 e. The van der Waals surface area contributed by atoms with Gasteiger partial charge in [-0.15, -0.1) is 0 Å². The molecule has 34 heavy (non-hydrogen) atoms. The minimum absolute atomic E-state index is 0.0764. The normalized spacial score (nSPS) is 35.0. The number of aliphatic hydroxyl groups is 1. The van der Waals surface area contributed by atoms with Gasteiger partial charge in [-0.05, 0) is 32.1 Å². The number of morpholine rings is 1. The zero-order chi connectivity index (χ0) is 24.3. The highest BCUT2D eigenvalue weighted by molar-refractivity contribution is 5.99. The van der Waals surface area contributed by atoms with E-state index in [0.717, 1.165) is 19.5 Å². The minimum atomic E-state index is -1.00. The first kappa shape index (κ1) is 25.3. The van der Waals surface area contributed by atoms with E-state index in [2.05, 4.69) is 15.5 Å². The van der Waals surface area contributed by atoms with Gasteiger partial charge < -0.3 is 30.1 Å². The number of carbonyl (C=O) groups is 3. The quantitative estimate of drug-likeness (QED) is 0.365. The molecular weight excluding hydrogens is 440 g/mol. The highest BCUT2D eigenvalue weighted by Crippen LogP contribution is 2.64. The van der Waals surface area contributed by atoms with E-state index >= 15 is 0 Å². The van der Waals surface area contributed by atoms with Gasteiger partial charge in [0.15, 0.2) is 0 Å². The number of nitrogens with one attached hydrogen (secondary N) is 2. The topological polar surface area (TPSA) is 120 Å². The van der Waals surface area contributed by atoms with E-state index in [1.807, 2.05) is 13.8 Å². The van der Waals surface area contributed by atoms with Gasteiger partial charge in [-0.2, -0.15) is 0 Å². The molecule has 0 aliphatic carbocycles. The maximum Gasteiger partial charge on any atom is 0.245 e. The molecule has 4 rings (SSSR count). The molecule has 10 heteroatoms. The summed E-state index contributed by atoms with van der Waals surface area (Å²) in [5.74, 6) is -1.86.